The molecule has 112 valence electrons. The summed E-state index contributed by atoms with van der Waals surface area (Å²) in [6.07, 6.45) is 0.386. The Morgan fingerprint density at radius 3 is 2.33 bits per heavy atom. The van der Waals surface area contributed by atoms with Gasteiger partial charge in [-0.2, -0.15) is 0 Å². The van der Waals surface area contributed by atoms with Crippen molar-refractivity contribution in [3.05, 3.63) is 64.5 Å². The smallest absolute Gasteiger partial charge is 0.191 e. The third kappa shape index (κ3) is 3.76. The van der Waals surface area contributed by atoms with Crippen molar-refractivity contribution >= 4 is 0 Å². The molecule has 0 amide bonds. The van der Waals surface area contributed by atoms with Gasteiger partial charge in [-0.15, -0.1) is 0 Å². The van der Waals surface area contributed by atoms with Crippen molar-refractivity contribution in [2.75, 3.05) is 6.54 Å². The predicted molar refractivity (Wildman–Crippen MR) is 74.6 cm³/mol. The Bertz CT molecular complexity index is 620. The van der Waals surface area contributed by atoms with E-state index in [1.165, 1.54) is 24.3 Å². The molecule has 5 heteroatoms. The van der Waals surface area contributed by atoms with Crippen molar-refractivity contribution in [3.8, 4) is 5.75 Å². The van der Waals surface area contributed by atoms with Crippen LogP contribution in [0.2, 0.25) is 0 Å². The van der Waals surface area contributed by atoms with Gasteiger partial charge in [-0.05, 0) is 60.8 Å². The zero-order valence-corrected chi connectivity index (χ0v) is 11.6. The van der Waals surface area contributed by atoms with E-state index >= 15 is 0 Å². The monoisotopic (exact) mass is 295 g/mol. The quantitative estimate of drug-likeness (QED) is 0.916. The second-order valence-electron chi connectivity index (χ2n) is 4.79. The fourth-order valence-electron chi connectivity index (χ4n) is 2.01. The summed E-state index contributed by atoms with van der Waals surface area (Å²) in [7, 11) is 0. The minimum absolute atomic E-state index is 0.104. The summed E-state index contributed by atoms with van der Waals surface area (Å²) in [4.78, 5) is 0. The maximum Gasteiger partial charge on any atom is 0.191 e. The minimum atomic E-state index is -0.785. The summed E-state index contributed by atoms with van der Waals surface area (Å²) in [6.45, 7) is 1.98. The van der Waals surface area contributed by atoms with Gasteiger partial charge in [0.1, 0.15) is 12.4 Å². The molecule has 0 fully saturated rings. The van der Waals surface area contributed by atoms with Crippen molar-refractivity contribution in [2.24, 2.45) is 5.73 Å². The maximum atomic E-state index is 13.8. The molecule has 0 aliphatic carbocycles. The molecule has 0 spiro atoms. The van der Waals surface area contributed by atoms with E-state index in [4.69, 9.17) is 10.5 Å². The van der Waals surface area contributed by atoms with E-state index in [9.17, 15) is 13.2 Å². The van der Waals surface area contributed by atoms with Crippen LogP contribution in [-0.4, -0.2) is 6.54 Å². The maximum absolute atomic E-state index is 13.8. The number of benzene rings is 2. The average Bonchev–Trinajstić information content (AvgIpc) is 2.42. The van der Waals surface area contributed by atoms with Gasteiger partial charge in [0.2, 0.25) is 0 Å². The van der Waals surface area contributed by atoms with Crippen molar-refractivity contribution in [1.82, 2.24) is 0 Å². The van der Waals surface area contributed by atoms with Gasteiger partial charge >= 0.3 is 0 Å². The predicted octanol–water partition coefficient (Wildman–Crippen LogP) is 3.49. The highest BCUT2D eigenvalue weighted by molar-refractivity contribution is 5.32. The lowest BCUT2D eigenvalue weighted by Crippen LogP contribution is -2.06. The number of hydrogen-bond donors (Lipinski definition) is 1. The Morgan fingerprint density at radius 1 is 1.05 bits per heavy atom. The molecule has 2 nitrogen and oxygen atoms in total. The minimum Gasteiger partial charge on any atom is -0.483 e. The first-order valence-corrected chi connectivity index (χ1v) is 6.57. The van der Waals surface area contributed by atoms with Gasteiger partial charge in [0, 0.05) is 0 Å². The molecule has 0 saturated carbocycles. The molecule has 0 atom stereocenters. The number of nitrogens with two attached hydrogens (primary N) is 1. The van der Waals surface area contributed by atoms with E-state index in [1.54, 1.807) is 13.0 Å². The third-order valence-corrected chi connectivity index (χ3v) is 3.17. The Labute approximate surface area is 121 Å². The van der Waals surface area contributed by atoms with Crippen molar-refractivity contribution in [1.29, 1.82) is 0 Å². The van der Waals surface area contributed by atoms with E-state index in [1.807, 2.05) is 0 Å². The molecule has 2 N–H and O–H groups in total. The lowest BCUT2D eigenvalue weighted by molar-refractivity contribution is 0.272. The second kappa shape index (κ2) is 6.63. The van der Waals surface area contributed by atoms with Gasteiger partial charge in [-0.3, -0.25) is 0 Å². The van der Waals surface area contributed by atoms with Gasteiger partial charge in [0.05, 0.1) is 0 Å². The summed E-state index contributed by atoms with van der Waals surface area (Å²) < 4.78 is 46.0. The van der Waals surface area contributed by atoms with Gasteiger partial charge in [0.15, 0.2) is 17.4 Å². The fourth-order valence-corrected chi connectivity index (χ4v) is 2.01. The molecule has 21 heavy (non-hydrogen) atoms. The highest BCUT2D eigenvalue weighted by Crippen LogP contribution is 2.25. The first-order valence-electron chi connectivity index (χ1n) is 6.57. The van der Waals surface area contributed by atoms with Crippen LogP contribution in [0, 0.1) is 24.4 Å². The molecule has 0 unspecified atom stereocenters. The summed E-state index contributed by atoms with van der Waals surface area (Å²) in [5.74, 6) is -2.45. The van der Waals surface area contributed by atoms with E-state index in [0.29, 0.717) is 24.1 Å². The lowest BCUT2D eigenvalue weighted by atomic mass is 10.1. The van der Waals surface area contributed by atoms with Crippen LogP contribution in [0.5, 0.6) is 5.75 Å². The largest absolute Gasteiger partial charge is 0.483 e. The molecule has 0 heterocycles. The first kappa shape index (κ1) is 15.4. The van der Waals surface area contributed by atoms with Crippen LogP contribution in [0.4, 0.5) is 13.2 Å². The molecule has 0 aliphatic rings. The Kier molecular flexibility index (Phi) is 4.85. The molecule has 0 aliphatic heterocycles. The number of ether oxygens (including phenoxy) is 1. The molecule has 0 saturated heterocycles. The first-order chi connectivity index (χ1) is 10.0. The summed E-state index contributed by atoms with van der Waals surface area (Å²) in [5.41, 5.74) is 7.16. The Balaban J connectivity index is 2.18. The normalized spacial score (nSPS) is 10.7. The van der Waals surface area contributed by atoms with Crippen molar-refractivity contribution < 1.29 is 17.9 Å². The van der Waals surface area contributed by atoms with Crippen LogP contribution in [0.15, 0.2) is 30.3 Å². The topological polar surface area (TPSA) is 35.2 Å². The van der Waals surface area contributed by atoms with Crippen LogP contribution in [0.25, 0.3) is 0 Å². The van der Waals surface area contributed by atoms with Gasteiger partial charge < -0.3 is 10.5 Å². The van der Waals surface area contributed by atoms with Gasteiger partial charge in [-0.1, -0.05) is 6.07 Å². The number of aryl methyl sites for hydroxylation is 1. The zero-order valence-electron chi connectivity index (χ0n) is 11.6. The van der Waals surface area contributed by atoms with Gasteiger partial charge in [0.25, 0.3) is 0 Å². The molecule has 2 rings (SSSR count). The van der Waals surface area contributed by atoms with Crippen LogP contribution >= 0.6 is 0 Å². The highest BCUT2D eigenvalue weighted by atomic mass is 19.1. The Morgan fingerprint density at radius 2 is 1.71 bits per heavy atom. The van der Waals surface area contributed by atoms with E-state index < -0.39 is 23.2 Å². The summed E-state index contributed by atoms with van der Waals surface area (Å²) in [5, 5.41) is 0. The average molecular weight is 295 g/mol. The summed E-state index contributed by atoms with van der Waals surface area (Å²) in [6, 6.07) is 6.59. The second-order valence-corrected chi connectivity index (χ2v) is 4.79. The number of halogens is 3. The SMILES string of the molecule is Cc1ccc(F)cc1COc1c(F)cc(CCN)cc1F. The number of hydrogen-bond acceptors (Lipinski definition) is 2. The van der Waals surface area contributed by atoms with Crippen LogP contribution in [-0.2, 0) is 13.0 Å². The molecule has 0 bridgehead atoms. The summed E-state index contributed by atoms with van der Waals surface area (Å²) >= 11 is 0. The molecule has 0 aromatic heterocycles. The highest BCUT2D eigenvalue weighted by Gasteiger charge is 2.13. The fraction of sp³-hybridized carbons (Fsp3) is 0.250. The van der Waals surface area contributed by atoms with Crippen LogP contribution in [0.3, 0.4) is 0 Å². The van der Waals surface area contributed by atoms with Crippen molar-refractivity contribution in [2.45, 2.75) is 20.0 Å². The standard InChI is InChI=1S/C16H16F3NO/c1-10-2-3-13(17)8-12(10)9-21-16-14(18)6-11(4-5-20)7-15(16)19/h2-3,6-8H,4-5,9,20H2,1H3. The van der Waals surface area contributed by atoms with Crippen LogP contribution in [0.1, 0.15) is 16.7 Å². The van der Waals surface area contributed by atoms with E-state index in [0.717, 1.165) is 5.56 Å². The van der Waals surface area contributed by atoms with Gasteiger partial charge in [-0.25, -0.2) is 13.2 Å². The molecular weight excluding hydrogens is 279 g/mol. The van der Waals surface area contributed by atoms with E-state index in [-0.39, 0.29) is 6.61 Å². The third-order valence-electron chi connectivity index (χ3n) is 3.17. The Hall–Kier alpha value is -2.01. The zero-order chi connectivity index (χ0) is 15.4. The molecular formula is C16H16F3NO. The lowest BCUT2D eigenvalue weighted by Gasteiger charge is -2.11. The van der Waals surface area contributed by atoms with Crippen molar-refractivity contribution in [3.63, 3.8) is 0 Å². The van der Waals surface area contributed by atoms with Crippen LogP contribution < -0.4 is 10.5 Å². The number of rotatable bonds is 5. The molecule has 2 aromatic rings. The van der Waals surface area contributed by atoms with E-state index in [2.05, 4.69) is 0 Å². The molecule has 2 aromatic carbocycles. The molecule has 0 radical (unpaired) electrons.